The van der Waals surface area contributed by atoms with E-state index in [4.69, 9.17) is 4.74 Å². The van der Waals surface area contributed by atoms with Gasteiger partial charge in [0.2, 0.25) is 5.91 Å². The lowest BCUT2D eigenvalue weighted by atomic mass is 9.83. The number of hydrogen-bond donors (Lipinski definition) is 1. The maximum atomic E-state index is 13.7. The normalized spacial score (nSPS) is 20.1. The molecule has 2 fully saturated rings. The van der Waals surface area contributed by atoms with Gasteiger partial charge in [-0.1, -0.05) is 49.2 Å². The Morgan fingerprint density at radius 2 is 1.89 bits per heavy atom. The maximum Gasteiger partial charge on any atom is 0.232 e. The van der Waals surface area contributed by atoms with Crippen molar-refractivity contribution in [2.24, 2.45) is 11.8 Å². The van der Waals surface area contributed by atoms with Gasteiger partial charge in [0.05, 0.1) is 18.7 Å². The van der Waals surface area contributed by atoms with Crippen LogP contribution in [0.4, 0.5) is 5.69 Å². The Morgan fingerprint density at radius 3 is 2.58 bits per heavy atom. The molecule has 1 amide bonds. The van der Waals surface area contributed by atoms with Gasteiger partial charge in [0.1, 0.15) is 12.0 Å². The van der Waals surface area contributed by atoms with E-state index in [-0.39, 0.29) is 23.7 Å². The highest BCUT2D eigenvalue weighted by Gasteiger charge is 2.39. The quantitative estimate of drug-likeness (QED) is 0.346. The van der Waals surface area contributed by atoms with Gasteiger partial charge < -0.3 is 14.8 Å². The highest BCUT2D eigenvalue weighted by atomic mass is 16.5. The monoisotopic (exact) mass is 482 g/mol. The van der Waals surface area contributed by atoms with E-state index in [2.05, 4.69) is 47.6 Å². The minimum Gasteiger partial charge on any atom is -0.492 e. The number of carbonyl (C=O) groups is 2. The molecule has 0 bridgehead atoms. The summed E-state index contributed by atoms with van der Waals surface area (Å²) in [5.41, 5.74) is 6.20. The summed E-state index contributed by atoms with van der Waals surface area (Å²) >= 11 is 0. The first-order chi connectivity index (χ1) is 17.6. The van der Waals surface area contributed by atoms with Crippen LogP contribution in [0.25, 0.3) is 11.1 Å². The Morgan fingerprint density at radius 1 is 1.11 bits per heavy atom. The predicted molar refractivity (Wildman–Crippen MR) is 142 cm³/mol. The summed E-state index contributed by atoms with van der Waals surface area (Å²) in [4.78, 5) is 29.3. The molecular formula is C31H34N2O3. The fourth-order valence-corrected chi connectivity index (χ4v) is 5.76. The molecule has 0 radical (unpaired) electrons. The van der Waals surface area contributed by atoms with E-state index >= 15 is 0 Å². The molecule has 3 atom stereocenters. The third-order valence-electron chi connectivity index (χ3n) is 7.83. The third kappa shape index (κ3) is 5.06. The second-order valence-electron chi connectivity index (χ2n) is 10.1. The number of aldehydes is 1. The molecular weight excluding hydrogens is 448 g/mol. The average Bonchev–Trinajstić information content (AvgIpc) is 3.49. The molecule has 1 heterocycles. The zero-order chi connectivity index (χ0) is 25.1. The first-order valence-corrected chi connectivity index (χ1v) is 13.1. The van der Waals surface area contributed by atoms with Crippen LogP contribution in [0.1, 0.15) is 67.6 Å². The molecule has 1 aromatic heterocycles. The van der Waals surface area contributed by atoms with Crippen molar-refractivity contribution in [3.05, 3.63) is 77.6 Å². The van der Waals surface area contributed by atoms with Crippen molar-refractivity contribution < 1.29 is 14.3 Å². The zero-order valence-electron chi connectivity index (χ0n) is 21.1. The number of hydrogen-bond acceptors (Lipinski definition) is 4. The molecule has 3 unspecified atom stereocenters. The summed E-state index contributed by atoms with van der Waals surface area (Å²) in [6.07, 6.45) is 10.0. The smallest absolute Gasteiger partial charge is 0.232 e. The second-order valence-corrected chi connectivity index (χ2v) is 10.1. The lowest BCUT2D eigenvalue weighted by molar-refractivity contribution is -0.118. The van der Waals surface area contributed by atoms with Crippen LogP contribution in [-0.2, 0) is 9.59 Å². The molecule has 186 valence electrons. The number of benzene rings is 2. The Bertz CT molecular complexity index is 1230. The molecule has 0 saturated heterocycles. The molecule has 2 aliphatic rings. The molecule has 5 nitrogen and oxygen atoms in total. The van der Waals surface area contributed by atoms with Crippen LogP contribution in [0.5, 0.6) is 5.75 Å². The molecule has 2 saturated carbocycles. The molecule has 2 aromatic carbocycles. The molecule has 5 rings (SSSR count). The van der Waals surface area contributed by atoms with Gasteiger partial charge in [0.25, 0.3) is 0 Å². The van der Waals surface area contributed by atoms with E-state index in [9.17, 15) is 9.59 Å². The number of rotatable bonds is 9. The maximum absolute atomic E-state index is 13.7. The van der Waals surface area contributed by atoms with Crippen molar-refractivity contribution in [1.82, 2.24) is 4.98 Å². The highest BCUT2D eigenvalue weighted by molar-refractivity contribution is 5.97. The Labute approximate surface area is 213 Å². The van der Waals surface area contributed by atoms with Crippen molar-refractivity contribution in [3.8, 4) is 16.9 Å². The van der Waals surface area contributed by atoms with Crippen molar-refractivity contribution in [3.63, 3.8) is 0 Å². The Hall–Kier alpha value is -3.47. The van der Waals surface area contributed by atoms with Crippen molar-refractivity contribution in [2.75, 3.05) is 11.9 Å². The number of ether oxygens (including phenoxy) is 1. The summed E-state index contributed by atoms with van der Waals surface area (Å²) in [7, 11) is 0. The molecule has 1 N–H and O–H groups in total. The third-order valence-corrected chi connectivity index (χ3v) is 7.83. The number of carbonyl (C=O) groups excluding carboxylic acids is 2. The van der Waals surface area contributed by atoms with Crippen LogP contribution in [0.15, 0.2) is 60.9 Å². The van der Waals surface area contributed by atoms with E-state index in [1.165, 1.54) is 18.4 Å². The predicted octanol–water partition coefficient (Wildman–Crippen LogP) is 6.67. The van der Waals surface area contributed by atoms with Crippen LogP contribution >= 0.6 is 0 Å². The summed E-state index contributed by atoms with van der Waals surface area (Å²) in [5, 5.41) is 3.26. The van der Waals surface area contributed by atoms with Crippen LogP contribution < -0.4 is 10.1 Å². The van der Waals surface area contributed by atoms with Gasteiger partial charge in [-0.15, -0.1) is 0 Å². The van der Waals surface area contributed by atoms with Crippen molar-refractivity contribution >= 4 is 17.9 Å². The van der Waals surface area contributed by atoms with E-state index < -0.39 is 0 Å². The van der Waals surface area contributed by atoms with E-state index in [0.29, 0.717) is 12.5 Å². The van der Waals surface area contributed by atoms with Gasteiger partial charge in [0, 0.05) is 23.4 Å². The van der Waals surface area contributed by atoms with Crippen LogP contribution in [0.3, 0.4) is 0 Å². The number of aromatic nitrogens is 1. The largest absolute Gasteiger partial charge is 0.492 e. The summed E-state index contributed by atoms with van der Waals surface area (Å²) in [6, 6.07) is 16.4. The molecule has 2 aliphatic carbocycles. The highest BCUT2D eigenvalue weighted by Crippen LogP contribution is 2.48. The Kier molecular flexibility index (Phi) is 7.17. The lowest BCUT2D eigenvalue weighted by Gasteiger charge is -2.24. The number of nitrogens with zero attached hydrogens (tertiary/aromatic N) is 1. The van der Waals surface area contributed by atoms with Gasteiger partial charge in [-0.25, -0.2) is 0 Å². The molecule has 5 heteroatoms. The number of amides is 1. The van der Waals surface area contributed by atoms with Gasteiger partial charge in [-0.05, 0) is 79.3 Å². The van der Waals surface area contributed by atoms with Gasteiger partial charge in [0.15, 0.2) is 0 Å². The van der Waals surface area contributed by atoms with Crippen molar-refractivity contribution in [2.45, 2.75) is 57.8 Å². The minimum absolute atomic E-state index is 0.0534. The first-order valence-electron chi connectivity index (χ1n) is 13.1. The van der Waals surface area contributed by atoms with Crippen molar-refractivity contribution in [1.29, 1.82) is 0 Å². The Balaban J connectivity index is 1.39. The SMILES string of the molecule is CCOc1cncc(-c2ccc(C(C(=O)Nc3cccc(C4CC4C=O)c3C)C3CCCC3)cc2)c1. The second kappa shape index (κ2) is 10.7. The molecule has 0 aliphatic heterocycles. The van der Waals surface area contributed by atoms with Gasteiger partial charge >= 0.3 is 0 Å². The fraction of sp³-hybridized carbons (Fsp3) is 0.387. The standard InChI is InChI=1S/C31H34N2O3/c1-3-36-26-15-24(17-32-18-26)21-11-13-23(14-12-21)30(22-7-4-5-8-22)31(35)33-29-10-6-9-27(20(29)2)28-16-25(28)19-34/h6,9-15,17-19,22,25,28,30H,3-5,7-8,16H2,1-2H3,(H,33,35). The summed E-state index contributed by atoms with van der Waals surface area (Å²) in [6.45, 7) is 4.61. The number of nitrogens with one attached hydrogen (secondary N) is 1. The summed E-state index contributed by atoms with van der Waals surface area (Å²) in [5.74, 6) is 1.35. The van der Waals surface area contributed by atoms with Crippen LogP contribution in [-0.4, -0.2) is 23.8 Å². The van der Waals surface area contributed by atoms with E-state index in [0.717, 1.165) is 59.2 Å². The molecule has 0 spiro atoms. The average molecular weight is 483 g/mol. The van der Waals surface area contributed by atoms with Gasteiger partial charge in [-0.2, -0.15) is 0 Å². The number of pyridine rings is 1. The van der Waals surface area contributed by atoms with E-state index in [1.807, 2.05) is 31.3 Å². The minimum atomic E-state index is -0.193. The molecule has 3 aromatic rings. The van der Waals surface area contributed by atoms with E-state index in [1.54, 1.807) is 6.20 Å². The number of anilines is 1. The molecule has 36 heavy (non-hydrogen) atoms. The lowest BCUT2D eigenvalue weighted by Crippen LogP contribution is -2.27. The van der Waals surface area contributed by atoms with Gasteiger partial charge in [-0.3, -0.25) is 9.78 Å². The zero-order valence-corrected chi connectivity index (χ0v) is 21.1. The topological polar surface area (TPSA) is 68.3 Å². The first kappa shape index (κ1) is 24.2. The fourth-order valence-electron chi connectivity index (χ4n) is 5.76. The summed E-state index contributed by atoms with van der Waals surface area (Å²) < 4.78 is 5.60. The van der Waals surface area contributed by atoms with Crippen LogP contribution in [0, 0.1) is 18.8 Å². The van der Waals surface area contributed by atoms with Crippen LogP contribution in [0.2, 0.25) is 0 Å².